The number of amides is 1. The Morgan fingerprint density at radius 3 is 2.85 bits per heavy atom. The van der Waals surface area contributed by atoms with Crippen molar-refractivity contribution in [3.05, 3.63) is 36.2 Å². The Balaban J connectivity index is 1.68. The summed E-state index contributed by atoms with van der Waals surface area (Å²) in [5.41, 5.74) is 0.293. The van der Waals surface area contributed by atoms with Crippen molar-refractivity contribution in [3.8, 4) is 0 Å². The van der Waals surface area contributed by atoms with Crippen molar-refractivity contribution < 1.29 is 18.0 Å². The topological polar surface area (TPSA) is 85.6 Å². The maximum Gasteiger partial charge on any atom is 0.416 e. The Morgan fingerprint density at radius 1 is 1.31 bits per heavy atom. The van der Waals surface area contributed by atoms with Gasteiger partial charge in [0.15, 0.2) is 11.2 Å². The molecule has 0 atom stereocenters. The molecule has 3 aromatic rings. The Morgan fingerprint density at radius 2 is 2.12 bits per heavy atom. The Bertz CT molecular complexity index is 943. The molecule has 0 fully saturated rings. The summed E-state index contributed by atoms with van der Waals surface area (Å²) in [6, 6.07) is 4.47. The summed E-state index contributed by atoms with van der Waals surface area (Å²) >= 11 is 1.11. The molecule has 26 heavy (non-hydrogen) atoms. The minimum atomic E-state index is -4.47. The lowest BCUT2D eigenvalue weighted by molar-refractivity contribution is -0.137. The maximum atomic E-state index is 12.7. The van der Waals surface area contributed by atoms with Gasteiger partial charge >= 0.3 is 6.18 Å². The van der Waals surface area contributed by atoms with Crippen LogP contribution in [0.25, 0.3) is 11.2 Å². The number of anilines is 1. The van der Waals surface area contributed by atoms with Crippen molar-refractivity contribution in [1.82, 2.24) is 25.0 Å². The molecule has 0 bridgehead atoms. The van der Waals surface area contributed by atoms with Crippen LogP contribution in [0.3, 0.4) is 0 Å². The second-order valence-electron chi connectivity index (χ2n) is 5.17. The first kappa shape index (κ1) is 18.1. The highest BCUT2D eigenvalue weighted by Crippen LogP contribution is 2.30. The minimum Gasteiger partial charge on any atom is -0.325 e. The SMILES string of the molecule is CCn1nnc2c(SCC(=O)Nc3cccc(C(F)(F)F)c3)ncnc21. The fourth-order valence-electron chi connectivity index (χ4n) is 2.19. The molecule has 0 radical (unpaired) electrons. The molecule has 2 aromatic heterocycles. The molecule has 0 unspecified atom stereocenters. The van der Waals surface area contributed by atoms with Crippen LogP contribution < -0.4 is 5.32 Å². The lowest BCUT2D eigenvalue weighted by atomic mass is 10.2. The van der Waals surface area contributed by atoms with E-state index in [0.717, 1.165) is 23.9 Å². The van der Waals surface area contributed by atoms with Gasteiger partial charge in [0, 0.05) is 12.2 Å². The fraction of sp³-hybridized carbons (Fsp3) is 0.267. The van der Waals surface area contributed by atoms with Crippen LogP contribution in [0.1, 0.15) is 12.5 Å². The number of carbonyl (C=O) groups excluding carboxylic acids is 1. The van der Waals surface area contributed by atoms with Gasteiger partial charge in [-0.25, -0.2) is 14.6 Å². The summed E-state index contributed by atoms with van der Waals surface area (Å²) in [6.45, 7) is 2.49. The summed E-state index contributed by atoms with van der Waals surface area (Å²) in [5.74, 6) is -0.495. The van der Waals surface area contributed by atoms with Crippen LogP contribution in [0.4, 0.5) is 18.9 Å². The third kappa shape index (κ3) is 3.93. The molecule has 1 N–H and O–H groups in total. The first-order chi connectivity index (χ1) is 12.4. The first-order valence-corrected chi connectivity index (χ1v) is 8.51. The monoisotopic (exact) mass is 382 g/mol. The molecule has 0 saturated carbocycles. The van der Waals surface area contributed by atoms with E-state index in [2.05, 4.69) is 25.6 Å². The Labute approximate surface area is 150 Å². The minimum absolute atomic E-state index is 0.0403. The zero-order valence-electron chi connectivity index (χ0n) is 13.5. The van der Waals surface area contributed by atoms with E-state index in [9.17, 15) is 18.0 Å². The molecule has 1 aromatic carbocycles. The quantitative estimate of drug-likeness (QED) is 0.539. The van der Waals surface area contributed by atoms with Gasteiger partial charge in [-0.1, -0.05) is 23.0 Å². The normalized spacial score (nSPS) is 11.7. The number of hydrogen-bond acceptors (Lipinski definition) is 6. The van der Waals surface area contributed by atoms with Crippen molar-refractivity contribution in [2.45, 2.75) is 24.7 Å². The fourth-order valence-corrected chi connectivity index (χ4v) is 2.92. The van der Waals surface area contributed by atoms with E-state index in [1.807, 2.05) is 6.92 Å². The van der Waals surface area contributed by atoms with E-state index in [-0.39, 0.29) is 11.4 Å². The van der Waals surface area contributed by atoms with Crippen molar-refractivity contribution in [1.29, 1.82) is 0 Å². The number of fused-ring (bicyclic) bond motifs is 1. The number of hydrogen-bond donors (Lipinski definition) is 1. The van der Waals surface area contributed by atoms with Gasteiger partial charge in [0.05, 0.1) is 11.3 Å². The number of benzene rings is 1. The van der Waals surface area contributed by atoms with E-state index in [1.165, 1.54) is 18.5 Å². The molecule has 7 nitrogen and oxygen atoms in total. The molecule has 2 heterocycles. The molecular weight excluding hydrogens is 369 g/mol. The van der Waals surface area contributed by atoms with Crippen LogP contribution in [0.2, 0.25) is 0 Å². The van der Waals surface area contributed by atoms with E-state index in [0.29, 0.717) is 22.7 Å². The summed E-state index contributed by atoms with van der Waals surface area (Å²) in [6.07, 6.45) is -3.11. The molecule has 0 saturated heterocycles. The largest absolute Gasteiger partial charge is 0.416 e. The third-order valence-electron chi connectivity index (χ3n) is 3.38. The van der Waals surface area contributed by atoms with Gasteiger partial charge < -0.3 is 5.32 Å². The smallest absolute Gasteiger partial charge is 0.325 e. The predicted molar refractivity (Wildman–Crippen MR) is 89.6 cm³/mol. The van der Waals surface area contributed by atoms with Gasteiger partial charge in [-0.05, 0) is 25.1 Å². The number of nitrogens with one attached hydrogen (secondary N) is 1. The van der Waals surface area contributed by atoms with Crippen LogP contribution >= 0.6 is 11.8 Å². The third-order valence-corrected chi connectivity index (χ3v) is 4.36. The average molecular weight is 382 g/mol. The van der Waals surface area contributed by atoms with Gasteiger partial charge in [-0.2, -0.15) is 13.2 Å². The van der Waals surface area contributed by atoms with Crippen molar-refractivity contribution in [3.63, 3.8) is 0 Å². The van der Waals surface area contributed by atoms with Crippen molar-refractivity contribution in [2.75, 3.05) is 11.1 Å². The molecule has 0 aliphatic rings. The molecule has 1 amide bonds. The number of thioether (sulfide) groups is 1. The molecule has 0 spiro atoms. The van der Waals surface area contributed by atoms with Crippen LogP contribution in [0.15, 0.2) is 35.6 Å². The van der Waals surface area contributed by atoms with Crippen LogP contribution in [-0.4, -0.2) is 36.6 Å². The highest BCUT2D eigenvalue weighted by Gasteiger charge is 2.30. The van der Waals surface area contributed by atoms with Gasteiger partial charge in [0.1, 0.15) is 11.4 Å². The summed E-state index contributed by atoms with van der Waals surface area (Å²) in [4.78, 5) is 20.2. The first-order valence-electron chi connectivity index (χ1n) is 7.52. The maximum absolute atomic E-state index is 12.7. The zero-order valence-corrected chi connectivity index (χ0v) is 14.3. The number of aryl methyl sites for hydroxylation is 1. The van der Waals surface area contributed by atoms with E-state index in [1.54, 1.807) is 4.68 Å². The molecule has 3 rings (SSSR count). The summed E-state index contributed by atoms with van der Waals surface area (Å²) < 4.78 is 39.7. The van der Waals surface area contributed by atoms with E-state index >= 15 is 0 Å². The number of nitrogens with zero attached hydrogens (tertiary/aromatic N) is 5. The Kier molecular flexibility index (Phi) is 5.07. The van der Waals surface area contributed by atoms with E-state index < -0.39 is 17.6 Å². The van der Waals surface area contributed by atoms with Gasteiger partial charge in [0.25, 0.3) is 0 Å². The van der Waals surface area contributed by atoms with Crippen LogP contribution in [0, 0.1) is 0 Å². The summed E-state index contributed by atoms with van der Waals surface area (Å²) in [5, 5.41) is 10.9. The molecule has 11 heteroatoms. The van der Waals surface area contributed by atoms with Gasteiger partial charge in [-0.3, -0.25) is 4.79 Å². The molecule has 0 aliphatic carbocycles. The standard InChI is InChI=1S/C15H13F3N6OS/c1-2-24-13-12(22-23-24)14(20-8-19-13)26-7-11(25)21-10-5-3-4-9(6-10)15(16,17)18/h3-6,8H,2,7H2,1H3,(H,21,25). The predicted octanol–water partition coefficient (Wildman–Crippen LogP) is 2.99. The number of rotatable bonds is 5. The van der Waals surface area contributed by atoms with Crippen molar-refractivity contribution in [2.24, 2.45) is 0 Å². The van der Waals surface area contributed by atoms with Gasteiger partial charge in [-0.15, -0.1) is 5.10 Å². The van der Waals surface area contributed by atoms with Crippen LogP contribution in [-0.2, 0) is 17.5 Å². The average Bonchev–Trinajstić information content (AvgIpc) is 3.03. The molecule has 0 aliphatic heterocycles. The lowest BCUT2D eigenvalue weighted by Crippen LogP contribution is -2.15. The highest BCUT2D eigenvalue weighted by molar-refractivity contribution is 8.00. The highest BCUT2D eigenvalue weighted by atomic mass is 32.2. The number of halogens is 3. The number of aromatic nitrogens is 5. The second kappa shape index (κ2) is 7.28. The van der Waals surface area contributed by atoms with Gasteiger partial charge in [0.2, 0.25) is 5.91 Å². The second-order valence-corrected chi connectivity index (χ2v) is 6.14. The lowest BCUT2D eigenvalue weighted by Gasteiger charge is -2.09. The molecule has 136 valence electrons. The Hall–Kier alpha value is -2.69. The van der Waals surface area contributed by atoms with Crippen LogP contribution in [0.5, 0.6) is 0 Å². The number of alkyl halides is 3. The molecular formula is C15H13F3N6OS. The number of carbonyl (C=O) groups is 1. The van der Waals surface area contributed by atoms with E-state index in [4.69, 9.17) is 0 Å². The zero-order chi connectivity index (χ0) is 18.7. The van der Waals surface area contributed by atoms with Crippen molar-refractivity contribution >= 4 is 34.5 Å². The summed E-state index contributed by atoms with van der Waals surface area (Å²) in [7, 11) is 0.